The Morgan fingerprint density at radius 3 is 2.74 bits per heavy atom. The highest BCUT2D eigenvalue weighted by molar-refractivity contribution is 5.90. The third kappa shape index (κ3) is 3.74. The molecule has 0 radical (unpaired) electrons. The summed E-state index contributed by atoms with van der Waals surface area (Å²) in [4.78, 5) is 27.7. The zero-order chi connectivity index (χ0) is 18.6. The number of anilines is 1. The van der Waals surface area contributed by atoms with Gasteiger partial charge in [0.15, 0.2) is 5.82 Å². The minimum absolute atomic E-state index is 0.121. The Balaban J connectivity index is 1.61. The van der Waals surface area contributed by atoms with Gasteiger partial charge in [-0.2, -0.15) is 0 Å². The first-order chi connectivity index (χ1) is 13.2. The van der Waals surface area contributed by atoms with E-state index in [-0.39, 0.29) is 11.9 Å². The summed E-state index contributed by atoms with van der Waals surface area (Å²) in [5.74, 6) is 1.71. The van der Waals surface area contributed by atoms with Crippen molar-refractivity contribution in [3.63, 3.8) is 0 Å². The molecular formula is C21H23N5O. The van der Waals surface area contributed by atoms with E-state index in [2.05, 4.69) is 17.2 Å². The summed E-state index contributed by atoms with van der Waals surface area (Å²) in [6, 6.07) is 11.9. The number of aromatic nitrogens is 3. The lowest BCUT2D eigenvalue weighted by Gasteiger charge is -2.32. The zero-order valence-corrected chi connectivity index (χ0v) is 15.4. The second-order valence-corrected chi connectivity index (χ2v) is 6.92. The van der Waals surface area contributed by atoms with Gasteiger partial charge in [0.05, 0.1) is 5.52 Å². The molecule has 2 aromatic heterocycles. The monoisotopic (exact) mass is 361 g/mol. The lowest BCUT2D eigenvalue weighted by Crippen LogP contribution is -2.44. The summed E-state index contributed by atoms with van der Waals surface area (Å²) >= 11 is 0. The number of carbonyl (C=O) groups is 1. The first kappa shape index (κ1) is 17.4. The van der Waals surface area contributed by atoms with Crippen molar-refractivity contribution in [2.24, 2.45) is 0 Å². The van der Waals surface area contributed by atoms with Gasteiger partial charge in [-0.3, -0.25) is 9.78 Å². The van der Waals surface area contributed by atoms with Crippen LogP contribution in [-0.4, -0.2) is 44.9 Å². The zero-order valence-electron chi connectivity index (χ0n) is 15.4. The fraction of sp³-hybridized carbons (Fsp3) is 0.333. The number of hydrogen-bond acceptors (Lipinski definition) is 5. The highest BCUT2D eigenvalue weighted by Crippen LogP contribution is 2.25. The predicted molar refractivity (Wildman–Crippen MR) is 106 cm³/mol. The van der Waals surface area contributed by atoms with Crippen molar-refractivity contribution in [3.05, 3.63) is 48.8 Å². The Labute approximate surface area is 158 Å². The van der Waals surface area contributed by atoms with Crippen LogP contribution >= 0.6 is 0 Å². The Morgan fingerprint density at radius 2 is 1.93 bits per heavy atom. The Hall–Kier alpha value is -3.02. The molecular weight excluding hydrogens is 338 g/mol. The van der Waals surface area contributed by atoms with Gasteiger partial charge in [-0.1, -0.05) is 12.1 Å². The third-order valence-corrected chi connectivity index (χ3v) is 5.00. The van der Waals surface area contributed by atoms with Crippen molar-refractivity contribution in [1.29, 1.82) is 0 Å². The molecule has 1 amide bonds. The fourth-order valence-electron chi connectivity index (χ4n) is 3.49. The number of piperidine rings is 1. The maximum atomic E-state index is 12.2. The molecule has 0 bridgehead atoms. The van der Waals surface area contributed by atoms with E-state index in [0.717, 1.165) is 41.7 Å². The minimum atomic E-state index is 0.121. The molecule has 1 unspecified atom stereocenters. The molecule has 1 aliphatic rings. The second kappa shape index (κ2) is 7.70. The summed E-state index contributed by atoms with van der Waals surface area (Å²) in [6.45, 7) is 3.58. The number of nitrogens with zero attached hydrogens (tertiary/aromatic N) is 4. The molecule has 1 fully saturated rings. The van der Waals surface area contributed by atoms with E-state index in [4.69, 9.17) is 9.97 Å². The molecule has 1 aliphatic heterocycles. The molecule has 1 N–H and O–H groups in total. The number of nitrogens with one attached hydrogen (secondary N) is 1. The van der Waals surface area contributed by atoms with Crippen molar-refractivity contribution >= 4 is 22.6 Å². The molecule has 1 saturated heterocycles. The van der Waals surface area contributed by atoms with Gasteiger partial charge in [0.1, 0.15) is 5.82 Å². The maximum Gasteiger partial charge on any atom is 0.222 e. The number of amides is 1. The highest BCUT2D eigenvalue weighted by atomic mass is 16.2. The first-order valence-electron chi connectivity index (χ1n) is 9.43. The van der Waals surface area contributed by atoms with Crippen LogP contribution in [0.25, 0.3) is 22.3 Å². The van der Waals surface area contributed by atoms with Crippen LogP contribution in [0.1, 0.15) is 26.2 Å². The molecule has 3 aromatic rings. The largest absolute Gasteiger partial charge is 0.367 e. The number of fused-ring (bicyclic) bond motifs is 1. The number of rotatable bonds is 5. The van der Waals surface area contributed by atoms with Crippen molar-refractivity contribution in [2.75, 3.05) is 18.4 Å². The quantitative estimate of drug-likeness (QED) is 0.753. The number of hydrogen-bond donors (Lipinski definition) is 1. The number of para-hydroxylation sites is 1. The number of benzene rings is 1. The van der Waals surface area contributed by atoms with Crippen LogP contribution in [0.15, 0.2) is 48.8 Å². The third-order valence-electron chi connectivity index (χ3n) is 5.00. The van der Waals surface area contributed by atoms with Crippen LogP contribution < -0.4 is 5.32 Å². The van der Waals surface area contributed by atoms with Gasteiger partial charge in [-0.25, -0.2) is 9.97 Å². The van der Waals surface area contributed by atoms with Crippen LogP contribution in [-0.2, 0) is 4.79 Å². The normalized spacial score (nSPS) is 15.7. The van der Waals surface area contributed by atoms with Gasteiger partial charge >= 0.3 is 0 Å². The lowest BCUT2D eigenvalue weighted by molar-refractivity contribution is -0.135. The summed E-state index contributed by atoms with van der Waals surface area (Å²) in [6.07, 6.45) is 6.23. The lowest BCUT2D eigenvalue weighted by atomic mass is 10.1. The van der Waals surface area contributed by atoms with E-state index in [1.807, 2.05) is 41.3 Å². The SMILES string of the molecule is CC(CNc1nc(-c2ccncc2)nc2ccccc12)N1CCCCC1=O. The average molecular weight is 361 g/mol. The van der Waals surface area contributed by atoms with Crippen LogP contribution in [0.4, 0.5) is 5.82 Å². The van der Waals surface area contributed by atoms with E-state index in [9.17, 15) is 4.79 Å². The summed E-state index contributed by atoms with van der Waals surface area (Å²) in [5.41, 5.74) is 1.82. The summed E-state index contributed by atoms with van der Waals surface area (Å²) in [7, 11) is 0. The van der Waals surface area contributed by atoms with Crippen molar-refractivity contribution in [1.82, 2.24) is 19.9 Å². The van der Waals surface area contributed by atoms with E-state index in [0.29, 0.717) is 18.8 Å². The van der Waals surface area contributed by atoms with Gasteiger partial charge in [0.25, 0.3) is 0 Å². The Bertz CT molecular complexity index is 944. The van der Waals surface area contributed by atoms with E-state index >= 15 is 0 Å². The molecule has 27 heavy (non-hydrogen) atoms. The van der Waals surface area contributed by atoms with Crippen LogP contribution in [0.2, 0.25) is 0 Å². The maximum absolute atomic E-state index is 12.2. The van der Waals surface area contributed by atoms with E-state index < -0.39 is 0 Å². The molecule has 0 aliphatic carbocycles. The van der Waals surface area contributed by atoms with E-state index in [1.165, 1.54) is 0 Å². The average Bonchev–Trinajstić information content (AvgIpc) is 2.72. The van der Waals surface area contributed by atoms with Crippen LogP contribution in [0, 0.1) is 0 Å². The standard InChI is InChI=1S/C21H23N5O/c1-15(26-13-5-4-8-19(26)27)14-23-21-17-6-2-3-7-18(17)24-20(25-21)16-9-11-22-12-10-16/h2-3,6-7,9-12,15H,4-5,8,13-14H2,1H3,(H,23,24,25). The molecule has 6 heteroatoms. The first-order valence-corrected chi connectivity index (χ1v) is 9.43. The molecule has 4 rings (SSSR count). The van der Waals surface area contributed by atoms with Gasteiger partial charge in [0, 0.05) is 48.9 Å². The fourth-order valence-corrected chi connectivity index (χ4v) is 3.49. The Kier molecular flexibility index (Phi) is 4.96. The van der Waals surface area contributed by atoms with Crippen LogP contribution in [0.3, 0.4) is 0 Å². The van der Waals surface area contributed by atoms with Crippen molar-refractivity contribution in [2.45, 2.75) is 32.2 Å². The Morgan fingerprint density at radius 1 is 1.11 bits per heavy atom. The molecule has 3 heterocycles. The smallest absolute Gasteiger partial charge is 0.222 e. The molecule has 1 aromatic carbocycles. The summed E-state index contributed by atoms with van der Waals surface area (Å²) < 4.78 is 0. The predicted octanol–water partition coefficient (Wildman–Crippen LogP) is 3.50. The molecule has 6 nitrogen and oxygen atoms in total. The van der Waals surface area contributed by atoms with Crippen LogP contribution in [0.5, 0.6) is 0 Å². The van der Waals surface area contributed by atoms with Gasteiger partial charge in [0.2, 0.25) is 5.91 Å². The van der Waals surface area contributed by atoms with Gasteiger partial charge in [-0.15, -0.1) is 0 Å². The number of carbonyl (C=O) groups excluding carboxylic acids is 1. The van der Waals surface area contributed by atoms with E-state index in [1.54, 1.807) is 12.4 Å². The van der Waals surface area contributed by atoms with Crippen molar-refractivity contribution in [3.8, 4) is 11.4 Å². The molecule has 0 spiro atoms. The molecule has 1 atom stereocenters. The van der Waals surface area contributed by atoms with Gasteiger partial charge in [-0.05, 0) is 44.0 Å². The van der Waals surface area contributed by atoms with Crippen molar-refractivity contribution < 1.29 is 4.79 Å². The highest BCUT2D eigenvalue weighted by Gasteiger charge is 2.23. The number of pyridine rings is 1. The van der Waals surface area contributed by atoms with Gasteiger partial charge < -0.3 is 10.2 Å². The molecule has 0 saturated carbocycles. The number of likely N-dealkylation sites (tertiary alicyclic amines) is 1. The summed E-state index contributed by atoms with van der Waals surface area (Å²) in [5, 5.41) is 4.43. The molecule has 138 valence electrons. The minimum Gasteiger partial charge on any atom is -0.367 e. The second-order valence-electron chi connectivity index (χ2n) is 6.92. The topological polar surface area (TPSA) is 71.0 Å².